The Kier molecular flexibility index (Phi) is 6.33. The number of anilines is 2. The van der Waals surface area contributed by atoms with Crippen molar-refractivity contribution in [2.75, 3.05) is 23.0 Å². The molecule has 0 fully saturated rings. The van der Waals surface area contributed by atoms with Gasteiger partial charge in [0, 0.05) is 12.8 Å². The Hall–Kier alpha value is -2.45. The molecule has 0 saturated heterocycles. The average molecular weight is 380 g/mol. The summed E-state index contributed by atoms with van der Waals surface area (Å²) in [6.45, 7) is 1.86. The Morgan fingerprint density at radius 2 is 1.88 bits per heavy atom. The maximum absolute atomic E-state index is 13.1. The second kappa shape index (κ2) is 8.29. The average Bonchev–Trinajstić information content (AvgIpc) is 2.56. The summed E-state index contributed by atoms with van der Waals surface area (Å²) >= 11 is 0. The van der Waals surface area contributed by atoms with E-state index in [-0.39, 0.29) is 5.69 Å². The van der Waals surface area contributed by atoms with E-state index in [1.165, 1.54) is 19.1 Å². The van der Waals surface area contributed by atoms with E-state index in [2.05, 4.69) is 5.32 Å². The van der Waals surface area contributed by atoms with Crippen LogP contribution in [0.15, 0.2) is 48.5 Å². The monoisotopic (exact) mass is 380 g/mol. The van der Waals surface area contributed by atoms with Crippen molar-refractivity contribution in [2.24, 2.45) is 0 Å². The summed E-state index contributed by atoms with van der Waals surface area (Å²) in [6, 6.07) is 11.0. The molecule has 0 aliphatic carbocycles. The van der Waals surface area contributed by atoms with Crippen molar-refractivity contribution < 1.29 is 22.3 Å². The molecule has 2 aromatic rings. The summed E-state index contributed by atoms with van der Waals surface area (Å²) in [7, 11) is -2.18. The number of hydrogen-bond donors (Lipinski definition) is 1. The predicted molar refractivity (Wildman–Crippen MR) is 99.0 cm³/mol. The highest BCUT2D eigenvalue weighted by molar-refractivity contribution is 7.92. The SMILES string of the molecule is COCc1cccc(NC(=O)[C@H](C)N(c2ccc(F)cc2)S(C)(=O)=O)c1. The quantitative estimate of drug-likeness (QED) is 0.801. The number of carbonyl (C=O) groups is 1. The van der Waals surface area contributed by atoms with Crippen LogP contribution in [-0.4, -0.2) is 33.7 Å². The first-order valence-corrected chi connectivity index (χ1v) is 9.71. The van der Waals surface area contributed by atoms with Crippen LogP contribution < -0.4 is 9.62 Å². The Bertz CT molecular complexity index is 869. The molecule has 0 aliphatic rings. The minimum Gasteiger partial charge on any atom is -0.380 e. The van der Waals surface area contributed by atoms with Crippen molar-refractivity contribution in [1.82, 2.24) is 0 Å². The van der Waals surface area contributed by atoms with Gasteiger partial charge in [0.1, 0.15) is 11.9 Å². The maximum atomic E-state index is 13.1. The molecule has 8 heteroatoms. The van der Waals surface area contributed by atoms with Crippen LogP contribution in [0.1, 0.15) is 12.5 Å². The standard InChI is InChI=1S/C18H21FN2O4S/c1-13(18(22)20-16-6-4-5-14(11-16)12-25-2)21(26(3,23)24)17-9-7-15(19)8-10-17/h4-11,13H,12H2,1-3H3,(H,20,22)/t13-/m0/s1. The highest BCUT2D eigenvalue weighted by Gasteiger charge is 2.29. The molecule has 1 N–H and O–H groups in total. The Morgan fingerprint density at radius 1 is 1.23 bits per heavy atom. The van der Waals surface area contributed by atoms with Crippen molar-refractivity contribution in [2.45, 2.75) is 19.6 Å². The summed E-state index contributed by atoms with van der Waals surface area (Å²) in [4.78, 5) is 12.6. The second-order valence-corrected chi connectivity index (χ2v) is 7.69. The molecule has 0 aliphatic heterocycles. The largest absolute Gasteiger partial charge is 0.380 e. The fraction of sp³-hybridized carbons (Fsp3) is 0.278. The lowest BCUT2D eigenvalue weighted by Crippen LogP contribution is -2.45. The van der Waals surface area contributed by atoms with Crippen LogP contribution in [0.3, 0.4) is 0 Å². The van der Waals surface area contributed by atoms with E-state index in [1.807, 2.05) is 6.07 Å². The van der Waals surface area contributed by atoms with Crippen LogP contribution >= 0.6 is 0 Å². The third-order valence-corrected chi connectivity index (χ3v) is 4.92. The third-order valence-electron chi connectivity index (χ3n) is 3.68. The van der Waals surface area contributed by atoms with Crippen molar-refractivity contribution in [3.8, 4) is 0 Å². The van der Waals surface area contributed by atoms with E-state index in [0.717, 1.165) is 28.3 Å². The van der Waals surface area contributed by atoms with Crippen molar-refractivity contribution in [1.29, 1.82) is 0 Å². The third kappa shape index (κ3) is 5.03. The van der Waals surface area contributed by atoms with Gasteiger partial charge < -0.3 is 10.1 Å². The highest BCUT2D eigenvalue weighted by atomic mass is 32.2. The molecule has 1 atom stereocenters. The molecule has 0 radical (unpaired) electrons. The molecule has 2 rings (SSSR count). The number of carbonyl (C=O) groups excluding carboxylic acids is 1. The number of rotatable bonds is 7. The van der Waals surface area contributed by atoms with E-state index >= 15 is 0 Å². The zero-order valence-corrected chi connectivity index (χ0v) is 15.6. The van der Waals surface area contributed by atoms with E-state index in [4.69, 9.17) is 4.74 Å². The van der Waals surface area contributed by atoms with Gasteiger partial charge in [0.25, 0.3) is 0 Å². The summed E-state index contributed by atoms with van der Waals surface area (Å²) in [5.41, 5.74) is 1.62. The predicted octanol–water partition coefficient (Wildman–Crippen LogP) is 2.77. The smallest absolute Gasteiger partial charge is 0.247 e. The number of methoxy groups -OCH3 is 1. The lowest BCUT2D eigenvalue weighted by molar-refractivity contribution is -0.116. The van der Waals surface area contributed by atoms with Crippen LogP contribution in [0.2, 0.25) is 0 Å². The van der Waals surface area contributed by atoms with Crippen molar-refractivity contribution in [3.63, 3.8) is 0 Å². The number of sulfonamides is 1. The maximum Gasteiger partial charge on any atom is 0.247 e. The molecule has 6 nitrogen and oxygen atoms in total. The normalized spacial score (nSPS) is 12.5. The molecular weight excluding hydrogens is 359 g/mol. The zero-order chi connectivity index (χ0) is 19.3. The summed E-state index contributed by atoms with van der Waals surface area (Å²) in [5.74, 6) is -0.997. The lowest BCUT2D eigenvalue weighted by Gasteiger charge is -2.28. The topological polar surface area (TPSA) is 75.7 Å². The number of ether oxygens (including phenoxy) is 1. The minimum atomic E-state index is -3.75. The lowest BCUT2D eigenvalue weighted by atomic mass is 10.2. The van der Waals surface area contributed by atoms with E-state index in [9.17, 15) is 17.6 Å². The van der Waals surface area contributed by atoms with Gasteiger partial charge >= 0.3 is 0 Å². The zero-order valence-electron chi connectivity index (χ0n) is 14.8. The Morgan fingerprint density at radius 3 is 2.46 bits per heavy atom. The van der Waals surface area contributed by atoms with Crippen LogP contribution in [0.4, 0.5) is 15.8 Å². The fourth-order valence-corrected chi connectivity index (χ4v) is 3.72. The molecule has 0 bridgehead atoms. The molecule has 0 aromatic heterocycles. The molecule has 0 saturated carbocycles. The highest BCUT2D eigenvalue weighted by Crippen LogP contribution is 2.22. The number of amides is 1. The van der Waals surface area contributed by atoms with Gasteiger partial charge in [0.15, 0.2) is 0 Å². The van der Waals surface area contributed by atoms with Gasteiger partial charge in [-0.15, -0.1) is 0 Å². The van der Waals surface area contributed by atoms with Crippen LogP contribution in [0.5, 0.6) is 0 Å². The number of halogens is 1. The van der Waals surface area contributed by atoms with Crippen molar-refractivity contribution in [3.05, 3.63) is 59.9 Å². The van der Waals surface area contributed by atoms with Gasteiger partial charge in [-0.2, -0.15) is 0 Å². The summed E-state index contributed by atoms with van der Waals surface area (Å²) in [6.07, 6.45) is 0.999. The van der Waals surface area contributed by atoms with E-state index < -0.39 is 27.8 Å². The number of nitrogens with zero attached hydrogens (tertiary/aromatic N) is 1. The summed E-state index contributed by atoms with van der Waals surface area (Å²) in [5, 5.41) is 2.70. The summed E-state index contributed by atoms with van der Waals surface area (Å²) < 4.78 is 43.5. The number of benzene rings is 2. The van der Waals surface area contributed by atoms with Gasteiger partial charge in [-0.05, 0) is 48.9 Å². The molecule has 0 unspecified atom stereocenters. The fourth-order valence-electron chi connectivity index (χ4n) is 2.55. The van der Waals surface area contributed by atoms with Gasteiger partial charge in [0.2, 0.25) is 15.9 Å². The van der Waals surface area contributed by atoms with Gasteiger partial charge in [-0.25, -0.2) is 12.8 Å². The first kappa shape index (κ1) is 19.9. The Labute approximate surface area is 152 Å². The minimum absolute atomic E-state index is 0.213. The van der Waals surface area contributed by atoms with Crippen molar-refractivity contribution >= 4 is 27.3 Å². The first-order valence-electron chi connectivity index (χ1n) is 7.86. The molecule has 2 aromatic carbocycles. The van der Waals surface area contributed by atoms with Gasteiger partial charge in [-0.1, -0.05) is 12.1 Å². The molecule has 0 heterocycles. The van der Waals surface area contributed by atoms with Crippen LogP contribution in [-0.2, 0) is 26.2 Å². The van der Waals surface area contributed by atoms with Crippen LogP contribution in [0.25, 0.3) is 0 Å². The van der Waals surface area contributed by atoms with E-state index in [1.54, 1.807) is 25.3 Å². The molecule has 140 valence electrons. The molecule has 1 amide bonds. The number of nitrogens with one attached hydrogen (secondary N) is 1. The molecule has 26 heavy (non-hydrogen) atoms. The first-order chi connectivity index (χ1) is 12.2. The Balaban J connectivity index is 2.25. The number of hydrogen-bond acceptors (Lipinski definition) is 4. The van der Waals surface area contributed by atoms with Gasteiger partial charge in [0.05, 0.1) is 18.6 Å². The second-order valence-electron chi connectivity index (χ2n) is 5.83. The van der Waals surface area contributed by atoms with Gasteiger partial charge in [-0.3, -0.25) is 9.10 Å². The van der Waals surface area contributed by atoms with Crippen LogP contribution in [0, 0.1) is 5.82 Å². The van der Waals surface area contributed by atoms with E-state index in [0.29, 0.717) is 12.3 Å². The molecular formula is C18H21FN2O4S. The molecule has 0 spiro atoms.